The first-order valence-electron chi connectivity index (χ1n) is 9.07. The van der Waals surface area contributed by atoms with Gasteiger partial charge in [-0.3, -0.25) is 4.79 Å². The van der Waals surface area contributed by atoms with Crippen molar-refractivity contribution in [3.63, 3.8) is 0 Å². The molecular weight excluding hydrogens is 306 g/mol. The summed E-state index contributed by atoms with van der Waals surface area (Å²) in [6, 6.07) is 0. The van der Waals surface area contributed by atoms with E-state index < -0.39 is 0 Å². The summed E-state index contributed by atoms with van der Waals surface area (Å²) < 4.78 is 0. The molecule has 23 heavy (non-hydrogen) atoms. The van der Waals surface area contributed by atoms with Gasteiger partial charge in [-0.2, -0.15) is 0 Å². The molecule has 0 spiro atoms. The van der Waals surface area contributed by atoms with Crippen LogP contribution in [0.3, 0.4) is 0 Å². The number of carbonyl (C=O) groups is 1. The Morgan fingerprint density at radius 2 is 2.35 bits per heavy atom. The fourth-order valence-electron chi connectivity index (χ4n) is 3.61. The molecule has 0 aromatic carbocycles. The largest absolute Gasteiger partial charge is 0.342 e. The quantitative estimate of drug-likeness (QED) is 0.897. The Kier molecular flexibility index (Phi) is 5.70. The van der Waals surface area contributed by atoms with Crippen LogP contribution in [-0.4, -0.2) is 42.0 Å². The summed E-state index contributed by atoms with van der Waals surface area (Å²) in [5.41, 5.74) is 1.20. The molecule has 2 aliphatic heterocycles. The zero-order chi connectivity index (χ0) is 16.2. The molecular formula is C18H29N3OS. The summed E-state index contributed by atoms with van der Waals surface area (Å²) in [5, 5.41) is 6.80. The first kappa shape index (κ1) is 16.9. The monoisotopic (exact) mass is 335 g/mol. The summed E-state index contributed by atoms with van der Waals surface area (Å²) in [5.74, 6) is 1.98. The lowest BCUT2D eigenvalue weighted by molar-refractivity contribution is -0.132. The average Bonchev–Trinajstić information content (AvgIpc) is 3.24. The minimum atomic E-state index is 0.349. The van der Waals surface area contributed by atoms with Crippen LogP contribution in [0.15, 0.2) is 5.38 Å². The lowest BCUT2D eigenvalue weighted by atomic mass is 9.97. The average molecular weight is 336 g/mol. The van der Waals surface area contributed by atoms with Gasteiger partial charge in [0.05, 0.1) is 10.7 Å². The van der Waals surface area contributed by atoms with Gasteiger partial charge >= 0.3 is 0 Å². The molecule has 2 unspecified atom stereocenters. The molecule has 3 rings (SSSR count). The highest BCUT2D eigenvalue weighted by molar-refractivity contribution is 7.09. The van der Waals surface area contributed by atoms with Gasteiger partial charge in [-0.15, -0.1) is 11.3 Å². The predicted molar refractivity (Wildman–Crippen MR) is 95.0 cm³/mol. The molecule has 1 aromatic rings. The normalized spacial score (nSPS) is 25.3. The van der Waals surface area contributed by atoms with E-state index in [1.165, 1.54) is 23.5 Å². The molecule has 2 saturated heterocycles. The van der Waals surface area contributed by atoms with Gasteiger partial charge in [0.15, 0.2) is 0 Å². The third-order valence-corrected chi connectivity index (χ3v) is 6.21. The van der Waals surface area contributed by atoms with E-state index in [2.05, 4.69) is 29.4 Å². The fourth-order valence-corrected chi connectivity index (χ4v) is 4.71. The van der Waals surface area contributed by atoms with Gasteiger partial charge in [0, 0.05) is 30.8 Å². The molecule has 1 aromatic heterocycles. The van der Waals surface area contributed by atoms with Gasteiger partial charge in [0.2, 0.25) is 5.91 Å². The summed E-state index contributed by atoms with van der Waals surface area (Å²) in [6.07, 6.45) is 5.27. The maximum atomic E-state index is 12.5. The molecule has 1 N–H and O–H groups in total. The lowest BCUT2D eigenvalue weighted by Crippen LogP contribution is -2.39. The van der Waals surface area contributed by atoms with Crippen LogP contribution in [-0.2, 0) is 4.79 Å². The van der Waals surface area contributed by atoms with Gasteiger partial charge in [0.1, 0.15) is 0 Å². The Morgan fingerprint density at radius 1 is 1.48 bits per heavy atom. The van der Waals surface area contributed by atoms with Crippen LogP contribution in [0.2, 0.25) is 0 Å². The number of nitrogens with one attached hydrogen (secondary N) is 1. The predicted octanol–water partition coefficient (Wildman–Crippen LogP) is 3.36. The highest BCUT2D eigenvalue weighted by Gasteiger charge is 2.27. The number of hydrogen-bond acceptors (Lipinski definition) is 4. The minimum absolute atomic E-state index is 0.349. The highest BCUT2D eigenvalue weighted by Crippen LogP contribution is 2.31. The molecule has 2 atom stereocenters. The van der Waals surface area contributed by atoms with E-state index in [0.717, 1.165) is 39.0 Å². The molecule has 3 heterocycles. The zero-order valence-corrected chi connectivity index (χ0v) is 15.2. The van der Waals surface area contributed by atoms with E-state index in [0.29, 0.717) is 30.1 Å². The SMILES string of the molecule is CC(C)c1csc(C2CCCN(C(=O)CCC3CCNC3)C2)n1. The third kappa shape index (κ3) is 4.32. The van der Waals surface area contributed by atoms with Crippen LogP contribution in [0.4, 0.5) is 0 Å². The second kappa shape index (κ2) is 7.75. The van der Waals surface area contributed by atoms with Crippen molar-refractivity contribution in [1.29, 1.82) is 0 Å². The van der Waals surface area contributed by atoms with Crippen LogP contribution < -0.4 is 5.32 Å². The maximum absolute atomic E-state index is 12.5. The molecule has 5 heteroatoms. The van der Waals surface area contributed by atoms with Crippen LogP contribution >= 0.6 is 11.3 Å². The van der Waals surface area contributed by atoms with E-state index in [4.69, 9.17) is 4.98 Å². The topological polar surface area (TPSA) is 45.2 Å². The number of nitrogens with zero attached hydrogens (tertiary/aromatic N) is 2. The number of hydrogen-bond donors (Lipinski definition) is 1. The Morgan fingerprint density at radius 3 is 3.04 bits per heavy atom. The standard InChI is InChI=1S/C18H29N3OS/c1-13(2)16-12-23-18(20-16)15-4-3-9-21(11-15)17(22)6-5-14-7-8-19-10-14/h12-15,19H,3-11H2,1-2H3. The Labute approximate surface area is 143 Å². The number of amides is 1. The van der Waals surface area contributed by atoms with Gasteiger partial charge in [-0.25, -0.2) is 4.98 Å². The van der Waals surface area contributed by atoms with Crippen molar-refractivity contribution in [2.75, 3.05) is 26.2 Å². The Bertz CT molecular complexity index is 522. The molecule has 4 nitrogen and oxygen atoms in total. The molecule has 128 valence electrons. The molecule has 0 bridgehead atoms. The maximum Gasteiger partial charge on any atom is 0.222 e. The van der Waals surface area contributed by atoms with E-state index >= 15 is 0 Å². The summed E-state index contributed by atoms with van der Waals surface area (Å²) >= 11 is 1.77. The summed E-state index contributed by atoms with van der Waals surface area (Å²) in [7, 11) is 0. The Hall–Kier alpha value is -0.940. The smallest absolute Gasteiger partial charge is 0.222 e. The van der Waals surface area contributed by atoms with E-state index in [9.17, 15) is 4.79 Å². The number of rotatable bonds is 5. The lowest BCUT2D eigenvalue weighted by Gasteiger charge is -2.32. The number of aromatic nitrogens is 1. The number of piperidine rings is 1. The van der Waals surface area contributed by atoms with Crippen LogP contribution in [0.25, 0.3) is 0 Å². The van der Waals surface area contributed by atoms with Crippen molar-refractivity contribution in [1.82, 2.24) is 15.2 Å². The van der Waals surface area contributed by atoms with Crippen LogP contribution in [0.1, 0.15) is 68.5 Å². The fraction of sp³-hybridized carbons (Fsp3) is 0.778. The molecule has 0 radical (unpaired) electrons. The molecule has 1 amide bonds. The van der Waals surface area contributed by atoms with Gasteiger partial charge in [-0.1, -0.05) is 13.8 Å². The highest BCUT2D eigenvalue weighted by atomic mass is 32.1. The molecule has 0 saturated carbocycles. The molecule has 0 aliphatic carbocycles. The van der Waals surface area contributed by atoms with Crippen molar-refractivity contribution in [3.8, 4) is 0 Å². The van der Waals surface area contributed by atoms with Crippen molar-refractivity contribution < 1.29 is 4.79 Å². The summed E-state index contributed by atoms with van der Waals surface area (Å²) in [6.45, 7) is 8.38. The summed E-state index contributed by atoms with van der Waals surface area (Å²) in [4.78, 5) is 19.4. The van der Waals surface area contributed by atoms with Crippen molar-refractivity contribution in [3.05, 3.63) is 16.1 Å². The van der Waals surface area contributed by atoms with Crippen molar-refractivity contribution in [2.45, 2.75) is 57.8 Å². The van der Waals surface area contributed by atoms with Crippen molar-refractivity contribution in [2.24, 2.45) is 5.92 Å². The first-order valence-corrected chi connectivity index (χ1v) is 9.95. The van der Waals surface area contributed by atoms with Gasteiger partial charge < -0.3 is 10.2 Å². The number of carbonyl (C=O) groups excluding carboxylic acids is 1. The van der Waals surface area contributed by atoms with Gasteiger partial charge in [-0.05, 0) is 50.6 Å². The second-order valence-electron chi connectivity index (χ2n) is 7.34. The zero-order valence-electron chi connectivity index (χ0n) is 14.4. The van der Waals surface area contributed by atoms with E-state index in [1.807, 2.05) is 0 Å². The second-order valence-corrected chi connectivity index (χ2v) is 8.23. The van der Waals surface area contributed by atoms with Gasteiger partial charge in [0.25, 0.3) is 0 Å². The minimum Gasteiger partial charge on any atom is -0.342 e. The molecule has 2 aliphatic rings. The van der Waals surface area contributed by atoms with E-state index in [1.54, 1.807) is 11.3 Å². The van der Waals surface area contributed by atoms with Crippen LogP contribution in [0, 0.1) is 5.92 Å². The first-order chi connectivity index (χ1) is 11.1. The Balaban J connectivity index is 1.53. The number of likely N-dealkylation sites (tertiary alicyclic amines) is 1. The third-order valence-electron chi connectivity index (χ3n) is 5.18. The van der Waals surface area contributed by atoms with Crippen LogP contribution in [0.5, 0.6) is 0 Å². The van der Waals surface area contributed by atoms with Crippen molar-refractivity contribution >= 4 is 17.2 Å². The van der Waals surface area contributed by atoms with E-state index in [-0.39, 0.29) is 0 Å². The molecule has 2 fully saturated rings. The number of thiazole rings is 1.